The number of hydrogen-bond acceptors (Lipinski definition) is 1. The van der Waals surface area contributed by atoms with Crippen molar-refractivity contribution in [1.29, 1.82) is 0 Å². The van der Waals surface area contributed by atoms with Gasteiger partial charge in [-0.3, -0.25) is 0 Å². The van der Waals surface area contributed by atoms with Crippen molar-refractivity contribution in [1.82, 2.24) is 0 Å². The molecule has 3 aliphatic rings. The van der Waals surface area contributed by atoms with Gasteiger partial charge in [0.1, 0.15) is 0 Å². The summed E-state index contributed by atoms with van der Waals surface area (Å²) in [4.78, 5) is 0. The number of fused-ring (bicyclic) bond motifs is 6. The summed E-state index contributed by atoms with van der Waals surface area (Å²) < 4.78 is 2.70. The zero-order valence-corrected chi connectivity index (χ0v) is 25.7. The number of hydrogen-bond donors (Lipinski definition) is 0. The van der Waals surface area contributed by atoms with Gasteiger partial charge >= 0.3 is 0 Å². The summed E-state index contributed by atoms with van der Waals surface area (Å²) in [6, 6.07) is 39.5. The van der Waals surface area contributed by atoms with Gasteiger partial charge in [-0.05, 0) is 121 Å². The van der Waals surface area contributed by atoms with Crippen molar-refractivity contribution in [2.24, 2.45) is 0 Å². The second kappa shape index (κ2) is 8.68. The van der Waals surface area contributed by atoms with Crippen LogP contribution in [0.3, 0.4) is 0 Å². The van der Waals surface area contributed by atoms with Crippen LogP contribution in [0.2, 0.25) is 0 Å². The summed E-state index contributed by atoms with van der Waals surface area (Å²) in [5.41, 5.74) is 16.6. The number of thiophene rings is 1. The van der Waals surface area contributed by atoms with Crippen LogP contribution in [0.4, 0.5) is 0 Å². The highest BCUT2D eigenvalue weighted by atomic mass is 32.1. The van der Waals surface area contributed by atoms with Gasteiger partial charge in [0.15, 0.2) is 0 Å². The lowest BCUT2D eigenvalue weighted by molar-refractivity contribution is 0.660. The smallest absolute Gasteiger partial charge is 0.0355 e. The van der Waals surface area contributed by atoms with Gasteiger partial charge in [-0.2, -0.15) is 0 Å². The van der Waals surface area contributed by atoms with E-state index < -0.39 is 0 Å². The van der Waals surface area contributed by atoms with Crippen molar-refractivity contribution >= 4 is 53.9 Å². The molecular weight excluding hydrogens is 549 g/mol. The van der Waals surface area contributed by atoms with Crippen LogP contribution in [-0.2, 0) is 11.8 Å². The van der Waals surface area contributed by atoms with Crippen LogP contribution < -0.4 is 0 Å². The Bertz CT molecular complexity index is 2460. The standard InChI is InChI=1S/C43H30S/c1-43(2)37-9-4-3-8-32(37)33-18-14-29(24-38(33)43)28-15-20-39-35(22-28)36-23-30(16-21-40(36)44-39)31-17-12-27-11-10-25-6-5-7-26-13-19-34(31)42(27)41(25)26/h3-5,7-10,12-24H,6,11H2,1-2H3. The Morgan fingerprint density at radius 3 is 2.20 bits per heavy atom. The molecule has 0 saturated carbocycles. The first kappa shape index (κ1) is 24.7. The molecule has 10 rings (SSSR count). The van der Waals surface area contributed by atoms with E-state index in [1.807, 2.05) is 11.3 Å². The molecular formula is C43H30S. The number of rotatable bonds is 2. The fourth-order valence-corrected chi connectivity index (χ4v) is 9.35. The first-order valence-electron chi connectivity index (χ1n) is 15.7. The Labute approximate surface area is 261 Å². The van der Waals surface area contributed by atoms with E-state index in [1.54, 1.807) is 0 Å². The van der Waals surface area contributed by atoms with E-state index in [1.165, 1.54) is 97.7 Å². The molecule has 44 heavy (non-hydrogen) atoms. The van der Waals surface area contributed by atoms with Gasteiger partial charge in [0.05, 0.1) is 0 Å². The van der Waals surface area contributed by atoms with Crippen molar-refractivity contribution in [3.63, 3.8) is 0 Å². The lowest BCUT2D eigenvalue weighted by atomic mass is 9.80. The lowest BCUT2D eigenvalue weighted by Gasteiger charge is -2.24. The second-order valence-corrected chi connectivity index (χ2v) is 14.3. The molecule has 0 bridgehead atoms. The monoisotopic (exact) mass is 578 g/mol. The molecule has 0 amide bonds. The van der Waals surface area contributed by atoms with E-state index in [-0.39, 0.29) is 5.41 Å². The van der Waals surface area contributed by atoms with Crippen LogP contribution in [0, 0.1) is 0 Å². The van der Waals surface area contributed by atoms with Crippen molar-refractivity contribution in [2.45, 2.75) is 32.1 Å². The van der Waals surface area contributed by atoms with Crippen LogP contribution in [0.1, 0.15) is 48.1 Å². The minimum Gasteiger partial charge on any atom is -0.135 e. The minimum atomic E-state index is 0.000896. The van der Waals surface area contributed by atoms with Crippen LogP contribution in [0.5, 0.6) is 0 Å². The summed E-state index contributed by atoms with van der Waals surface area (Å²) in [6.45, 7) is 4.72. The molecule has 1 aromatic heterocycles. The maximum Gasteiger partial charge on any atom is 0.0355 e. The predicted octanol–water partition coefficient (Wildman–Crippen LogP) is 12.2. The maximum absolute atomic E-state index is 2.44. The highest BCUT2D eigenvalue weighted by Gasteiger charge is 2.35. The molecule has 3 aliphatic carbocycles. The molecule has 7 aromatic rings. The molecule has 0 saturated heterocycles. The first-order chi connectivity index (χ1) is 21.5. The highest BCUT2D eigenvalue weighted by molar-refractivity contribution is 7.25. The van der Waals surface area contributed by atoms with Crippen molar-refractivity contribution in [2.75, 3.05) is 0 Å². The number of benzene rings is 6. The van der Waals surface area contributed by atoms with E-state index in [2.05, 4.69) is 135 Å². The average Bonchev–Trinajstić information content (AvgIpc) is 3.54. The summed E-state index contributed by atoms with van der Waals surface area (Å²) in [7, 11) is 0. The zero-order valence-electron chi connectivity index (χ0n) is 24.9. The topological polar surface area (TPSA) is 0 Å². The van der Waals surface area contributed by atoms with E-state index >= 15 is 0 Å². The van der Waals surface area contributed by atoms with Crippen molar-refractivity contribution < 1.29 is 0 Å². The highest BCUT2D eigenvalue weighted by Crippen LogP contribution is 2.50. The van der Waals surface area contributed by atoms with E-state index in [0.29, 0.717) is 0 Å². The SMILES string of the molecule is CC1(C)c2ccccc2-c2ccc(-c3ccc4sc5ccc(-c6ccc7c8c9c(ccc68)C=CCC9=CC7)cc5c4c3)cc21. The summed E-state index contributed by atoms with van der Waals surface area (Å²) in [5.74, 6) is 0. The van der Waals surface area contributed by atoms with Gasteiger partial charge in [0.2, 0.25) is 0 Å². The molecule has 0 N–H and O–H groups in total. The molecule has 0 fully saturated rings. The Kier molecular flexibility index (Phi) is 4.87. The summed E-state index contributed by atoms with van der Waals surface area (Å²) in [6.07, 6.45) is 9.11. The molecule has 1 heteroatoms. The van der Waals surface area contributed by atoms with Crippen molar-refractivity contribution in [3.05, 3.63) is 143 Å². The molecule has 1 heterocycles. The fraction of sp³-hybridized carbons (Fsp3) is 0.116. The third-order valence-corrected chi connectivity index (χ3v) is 11.7. The molecule has 0 radical (unpaired) electrons. The summed E-state index contributed by atoms with van der Waals surface area (Å²) >= 11 is 1.90. The van der Waals surface area contributed by atoms with Gasteiger partial charge in [0, 0.05) is 25.6 Å². The van der Waals surface area contributed by atoms with Crippen LogP contribution in [0.15, 0.2) is 115 Å². The predicted molar refractivity (Wildman–Crippen MR) is 191 cm³/mol. The quantitative estimate of drug-likeness (QED) is 0.191. The zero-order chi connectivity index (χ0) is 29.2. The van der Waals surface area contributed by atoms with Gasteiger partial charge in [-0.1, -0.05) is 105 Å². The molecule has 0 spiro atoms. The fourth-order valence-electron chi connectivity index (χ4n) is 8.28. The molecule has 208 valence electrons. The average molecular weight is 579 g/mol. The Hall–Kier alpha value is -4.72. The lowest BCUT2D eigenvalue weighted by Crippen LogP contribution is -2.14. The van der Waals surface area contributed by atoms with E-state index in [0.717, 1.165) is 12.8 Å². The molecule has 6 aromatic carbocycles. The largest absolute Gasteiger partial charge is 0.135 e. The maximum atomic E-state index is 2.44. The van der Waals surface area contributed by atoms with Crippen LogP contribution in [-0.4, -0.2) is 0 Å². The van der Waals surface area contributed by atoms with Crippen LogP contribution >= 0.6 is 11.3 Å². The molecule has 0 aliphatic heterocycles. The molecule has 0 atom stereocenters. The van der Waals surface area contributed by atoms with Gasteiger partial charge in [-0.25, -0.2) is 0 Å². The Morgan fingerprint density at radius 2 is 1.32 bits per heavy atom. The normalized spacial score (nSPS) is 15.5. The van der Waals surface area contributed by atoms with Gasteiger partial charge < -0.3 is 0 Å². The molecule has 0 unspecified atom stereocenters. The molecule has 0 nitrogen and oxygen atoms in total. The Morgan fingerprint density at radius 1 is 0.591 bits per heavy atom. The third kappa shape index (κ3) is 3.28. The minimum absolute atomic E-state index is 0.000896. The third-order valence-electron chi connectivity index (χ3n) is 10.5. The van der Waals surface area contributed by atoms with Crippen molar-refractivity contribution in [3.8, 4) is 33.4 Å². The van der Waals surface area contributed by atoms with Gasteiger partial charge in [-0.15, -0.1) is 11.3 Å². The second-order valence-electron chi connectivity index (χ2n) is 13.2. The summed E-state index contributed by atoms with van der Waals surface area (Å²) in [5, 5.41) is 5.54. The van der Waals surface area contributed by atoms with Gasteiger partial charge in [0.25, 0.3) is 0 Å². The first-order valence-corrected chi connectivity index (χ1v) is 16.5. The van der Waals surface area contributed by atoms with E-state index in [4.69, 9.17) is 0 Å². The number of allylic oxidation sites excluding steroid dienone is 3. The van der Waals surface area contributed by atoms with E-state index in [9.17, 15) is 0 Å². The van der Waals surface area contributed by atoms with Crippen LogP contribution in [0.25, 0.3) is 76.0 Å². The Balaban J connectivity index is 1.12.